The Kier molecular flexibility index (Phi) is 8.24. The molecule has 1 aliphatic carbocycles. The number of carbonyl (C=O) groups excluding carboxylic acids is 2. The molecule has 31 heavy (non-hydrogen) atoms. The van der Waals surface area contributed by atoms with E-state index in [0.29, 0.717) is 19.5 Å². The Morgan fingerprint density at radius 3 is 2.32 bits per heavy atom. The molecule has 0 radical (unpaired) electrons. The van der Waals surface area contributed by atoms with Gasteiger partial charge in [0.05, 0.1) is 13.0 Å². The summed E-state index contributed by atoms with van der Waals surface area (Å²) in [6, 6.07) is 16.1. The molecule has 0 aromatic heterocycles. The number of hydrogen-bond acceptors (Lipinski definition) is 3. The zero-order chi connectivity index (χ0) is 22.2. The Morgan fingerprint density at radius 2 is 1.68 bits per heavy atom. The third-order valence-electron chi connectivity index (χ3n) is 6.05. The van der Waals surface area contributed by atoms with Gasteiger partial charge in [-0.15, -0.1) is 0 Å². The van der Waals surface area contributed by atoms with Crippen LogP contribution in [-0.2, 0) is 22.6 Å². The quantitative estimate of drug-likeness (QED) is 0.667. The largest absolute Gasteiger partial charge is 0.355 e. The van der Waals surface area contributed by atoms with Crippen LogP contribution in [0.3, 0.4) is 0 Å². The molecule has 1 saturated carbocycles. The molecular weight excluding hydrogens is 386 g/mol. The molecule has 5 nitrogen and oxygen atoms in total. The van der Waals surface area contributed by atoms with Crippen molar-refractivity contribution < 1.29 is 9.59 Å². The van der Waals surface area contributed by atoms with Gasteiger partial charge in [-0.05, 0) is 62.7 Å². The second-order valence-corrected chi connectivity index (χ2v) is 8.83. The predicted octanol–water partition coefficient (Wildman–Crippen LogP) is 3.94. The molecular formula is C26H35N3O2. The summed E-state index contributed by atoms with van der Waals surface area (Å²) >= 11 is 0. The van der Waals surface area contributed by atoms with E-state index in [-0.39, 0.29) is 17.7 Å². The lowest BCUT2D eigenvalue weighted by molar-refractivity contribution is -0.122. The molecule has 1 aliphatic rings. The van der Waals surface area contributed by atoms with Crippen LogP contribution in [-0.4, -0.2) is 43.9 Å². The summed E-state index contributed by atoms with van der Waals surface area (Å²) in [5.41, 5.74) is 4.21. The highest BCUT2D eigenvalue weighted by Crippen LogP contribution is 2.30. The van der Waals surface area contributed by atoms with E-state index in [4.69, 9.17) is 0 Å². The van der Waals surface area contributed by atoms with Crippen molar-refractivity contribution in [1.82, 2.24) is 10.2 Å². The molecule has 0 spiro atoms. The number of hydrogen-bond donors (Lipinski definition) is 1. The maximum Gasteiger partial charge on any atom is 0.230 e. The van der Waals surface area contributed by atoms with E-state index in [1.165, 1.54) is 5.56 Å². The fourth-order valence-corrected chi connectivity index (χ4v) is 4.11. The zero-order valence-electron chi connectivity index (χ0n) is 19.1. The molecule has 0 aliphatic heterocycles. The van der Waals surface area contributed by atoms with Gasteiger partial charge in [0.2, 0.25) is 11.8 Å². The van der Waals surface area contributed by atoms with Crippen molar-refractivity contribution in [1.29, 1.82) is 0 Å². The Balaban J connectivity index is 1.72. The van der Waals surface area contributed by atoms with Crippen molar-refractivity contribution in [2.24, 2.45) is 5.92 Å². The average molecular weight is 422 g/mol. The van der Waals surface area contributed by atoms with Gasteiger partial charge in [0.15, 0.2) is 0 Å². The van der Waals surface area contributed by atoms with Gasteiger partial charge in [0.25, 0.3) is 0 Å². The SMILES string of the molecule is Cc1ccccc1CN(C(=O)C1CCCC1)c1ccc(CC(=O)NCCN(C)C)cc1. The highest BCUT2D eigenvalue weighted by molar-refractivity contribution is 5.95. The summed E-state index contributed by atoms with van der Waals surface area (Å²) in [6.45, 7) is 4.13. The van der Waals surface area contributed by atoms with Gasteiger partial charge in [-0.25, -0.2) is 0 Å². The monoisotopic (exact) mass is 421 g/mol. The second-order valence-electron chi connectivity index (χ2n) is 8.83. The average Bonchev–Trinajstić information content (AvgIpc) is 3.28. The zero-order valence-corrected chi connectivity index (χ0v) is 19.1. The van der Waals surface area contributed by atoms with Gasteiger partial charge in [0.1, 0.15) is 0 Å². The number of amides is 2. The van der Waals surface area contributed by atoms with Gasteiger partial charge in [-0.3, -0.25) is 9.59 Å². The number of nitrogens with one attached hydrogen (secondary N) is 1. The van der Waals surface area contributed by atoms with Crippen LogP contribution in [0.4, 0.5) is 5.69 Å². The van der Waals surface area contributed by atoms with E-state index in [1.54, 1.807) is 0 Å². The van der Waals surface area contributed by atoms with Crippen LogP contribution in [0.25, 0.3) is 0 Å². The number of nitrogens with zero attached hydrogens (tertiary/aromatic N) is 2. The first-order valence-electron chi connectivity index (χ1n) is 11.3. The number of benzene rings is 2. The van der Waals surface area contributed by atoms with Gasteiger partial charge in [-0.2, -0.15) is 0 Å². The van der Waals surface area contributed by atoms with Gasteiger partial charge in [0, 0.05) is 24.7 Å². The lowest BCUT2D eigenvalue weighted by Gasteiger charge is -2.27. The summed E-state index contributed by atoms with van der Waals surface area (Å²) in [7, 11) is 3.97. The maximum atomic E-state index is 13.4. The van der Waals surface area contributed by atoms with Crippen LogP contribution in [0.15, 0.2) is 48.5 Å². The number of anilines is 1. The highest BCUT2D eigenvalue weighted by Gasteiger charge is 2.28. The molecule has 1 fully saturated rings. The topological polar surface area (TPSA) is 52.7 Å². The van der Waals surface area contributed by atoms with Crippen LogP contribution < -0.4 is 10.2 Å². The predicted molar refractivity (Wildman–Crippen MR) is 126 cm³/mol. The molecule has 2 aromatic carbocycles. The van der Waals surface area contributed by atoms with E-state index in [0.717, 1.165) is 49.0 Å². The summed E-state index contributed by atoms with van der Waals surface area (Å²) < 4.78 is 0. The molecule has 5 heteroatoms. The first kappa shape index (κ1) is 23.0. The maximum absolute atomic E-state index is 13.4. The molecule has 0 heterocycles. The summed E-state index contributed by atoms with van der Waals surface area (Å²) in [4.78, 5) is 29.5. The standard InChI is InChI=1S/C26H35N3O2/c1-20-8-4-5-11-23(20)19-29(26(31)22-9-6-7-10-22)24-14-12-21(13-15-24)18-25(30)27-16-17-28(2)3/h4-5,8,11-15,22H,6-7,9-10,16-19H2,1-3H3,(H,27,30). The van der Waals surface area contributed by atoms with E-state index in [1.807, 2.05) is 60.3 Å². The Morgan fingerprint density at radius 1 is 1.00 bits per heavy atom. The highest BCUT2D eigenvalue weighted by atomic mass is 16.2. The van der Waals surface area contributed by atoms with Crippen LogP contribution in [0.5, 0.6) is 0 Å². The van der Waals surface area contributed by atoms with E-state index >= 15 is 0 Å². The van der Waals surface area contributed by atoms with E-state index in [9.17, 15) is 9.59 Å². The van der Waals surface area contributed by atoms with Gasteiger partial charge >= 0.3 is 0 Å². The molecule has 0 bridgehead atoms. The lowest BCUT2D eigenvalue weighted by atomic mass is 10.0. The van der Waals surface area contributed by atoms with Gasteiger partial charge in [-0.1, -0.05) is 49.2 Å². The number of aryl methyl sites for hydroxylation is 1. The van der Waals surface area contributed by atoms with E-state index < -0.39 is 0 Å². The second kappa shape index (κ2) is 11.1. The molecule has 2 amide bonds. The van der Waals surface area contributed by atoms with Crippen molar-refractivity contribution in [3.63, 3.8) is 0 Å². The fourth-order valence-electron chi connectivity index (χ4n) is 4.11. The molecule has 3 rings (SSSR count). The minimum absolute atomic E-state index is 0.0217. The van der Waals surface area contributed by atoms with Crippen molar-refractivity contribution in [2.75, 3.05) is 32.1 Å². The number of carbonyl (C=O) groups is 2. The Hall–Kier alpha value is -2.66. The minimum atomic E-state index is 0.0217. The molecule has 0 saturated heterocycles. The third kappa shape index (κ3) is 6.66. The van der Waals surface area contributed by atoms with E-state index in [2.05, 4.69) is 24.4 Å². The van der Waals surface area contributed by atoms with Crippen molar-refractivity contribution >= 4 is 17.5 Å². The Labute approximate surface area is 186 Å². The molecule has 166 valence electrons. The van der Waals surface area contributed by atoms with Crippen LogP contribution >= 0.6 is 0 Å². The van der Waals surface area contributed by atoms with Gasteiger partial charge < -0.3 is 15.1 Å². The fraction of sp³-hybridized carbons (Fsp3) is 0.462. The Bertz CT molecular complexity index is 870. The van der Waals surface area contributed by atoms with Crippen LogP contribution in [0.1, 0.15) is 42.4 Å². The first-order valence-corrected chi connectivity index (χ1v) is 11.3. The summed E-state index contributed by atoms with van der Waals surface area (Å²) in [5.74, 6) is 0.356. The summed E-state index contributed by atoms with van der Waals surface area (Å²) in [5, 5.41) is 2.95. The lowest BCUT2D eigenvalue weighted by Crippen LogP contribution is -2.35. The number of rotatable bonds is 9. The van der Waals surface area contributed by atoms with Crippen molar-refractivity contribution in [3.05, 3.63) is 65.2 Å². The number of likely N-dealkylation sites (N-methyl/N-ethyl adjacent to an activating group) is 1. The normalized spacial score (nSPS) is 14.1. The van der Waals surface area contributed by atoms with Crippen LogP contribution in [0, 0.1) is 12.8 Å². The van der Waals surface area contributed by atoms with Crippen molar-refractivity contribution in [2.45, 2.75) is 45.6 Å². The smallest absolute Gasteiger partial charge is 0.230 e. The third-order valence-corrected chi connectivity index (χ3v) is 6.05. The van der Waals surface area contributed by atoms with Crippen molar-refractivity contribution in [3.8, 4) is 0 Å². The summed E-state index contributed by atoms with van der Waals surface area (Å²) in [6.07, 6.45) is 4.58. The van der Waals surface area contributed by atoms with Crippen LogP contribution in [0.2, 0.25) is 0 Å². The molecule has 2 aromatic rings. The minimum Gasteiger partial charge on any atom is -0.355 e. The molecule has 0 unspecified atom stereocenters. The first-order chi connectivity index (χ1) is 14.9. The molecule has 0 atom stereocenters. The molecule has 1 N–H and O–H groups in total.